The summed E-state index contributed by atoms with van der Waals surface area (Å²) in [4.78, 5) is 25.2. The Bertz CT molecular complexity index is 876. The Morgan fingerprint density at radius 1 is 0.967 bits per heavy atom. The molecule has 1 aromatic heterocycles. The second-order valence-electron chi connectivity index (χ2n) is 8.75. The third-order valence-electron chi connectivity index (χ3n) is 6.92. The van der Waals surface area contributed by atoms with E-state index in [9.17, 15) is 4.79 Å². The van der Waals surface area contributed by atoms with Gasteiger partial charge in [0.25, 0.3) is 5.91 Å². The molecular formula is C24H30N4O2. The molecule has 30 heavy (non-hydrogen) atoms. The molecule has 2 aromatic rings. The summed E-state index contributed by atoms with van der Waals surface area (Å²) in [5, 5.41) is 0. The topological polar surface area (TPSA) is 58.6 Å². The molecule has 1 aromatic carbocycles. The van der Waals surface area contributed by atoms with Crippen LogP contribution in [0.3, 0.4) is 0 Å². The Balaban J connectivity index is 1.16. The zero-order valence-corrected chi connectivity index (χ0v) is 17.5. The maximum atomic E-state index is 12.5. The molecule has 0 N–H and O–H groups in total. The summed E-state index contributed by atoms with van der Waals surface area (Å²) >= 11 is 0. The van der Waals surface area contributed by atoms with Crippen molar-refractivity contribution in [2.24, 2.45) is 0 Å². The molecule has 0 atom stereocenters. The minimum absolute atomic E-state index is 0.0393. The summed E-state index contributed by atoms with van der Waals surface area (Å²) in [5.74, 6) is 0.937. The van der Waals surface area contributed by atoms with E-state index in [-0.39, 0.29) is 12.0 Å². The smallest absolute Gasteiger partial charge is 0.274 e. The lowest BCUT2D eigenvalue weighted by Gasteiger charge is -2.36. The van der Waals surface area contributed by atoms with Crippen LogP contribution in [0.2, 0.25) is 0 Å². The Morgan fingerprint density at radius 3 is 2.47 bits per heavy atom. The van der Waals surface area contributed by atoms with Crippen molar-refractivity contribution >= 4 is 5.91 Å². The number of benzene rings is 1. The number of hydrogen-bond donors (Lipinski definition) is 0. The lowest BCUT2D eigenvalue weighted by molar-refractivity contribution is 0.0589. The highest BCUT2D eigenvalue weighted by molar-refractivity contribution is 5.92. The predicted octanol–water partition coefficient (Wildman–Crippen LogP) is 3.11. The Morgan fingerprint density at radius 2 is 1.77 bits per heavy atom. The van der Waals surface area contributed by atoms with E-state index in [1.54, 1.807) is 12.4 Å². The average molecular weight is 407 g/mol. The largest absolute Gasteiger partial charge is 0.490 e. The number of hydrogen-bond acceptors (Lipinski definition) is 5. The fourth-order valence-electron chi connectivity index (χ4n) is 4.85. The van der Waals surface area contributed by atoms with Crippen molar-refractivity contribution in [3.05, 3.63) is 53.6 Å². The average Bonchev–Trinajstić information content (AvgIpc) is 2.96. The van der Waals surface area contributed by atoms with Crippen LogP contribution >= 0.6 is 0 Å². The highest BCUT2D eigenvalue weighted by atomic mass is 16.5. The van der Waals surface area contributed by atoms with E-state index in [4.69, 9.17) is 4.74 Å². The number of carbonyl (C=O) groups excluding carboxylic acids is 1. The first-order chi connectivity index (χ1) is 14.8. The van der Waals surface area contributed by atoms with Crippen molar-refractivity contribution in [2.75, 3.05) is 26.2 Å². The SMILES string of the molecule is O=C(c1cnccn1)N1CCC(Oc2ccc3c(c2)CCN(C2CCC2)CC3)CC1. The van der Waals surface area contributed by atoms with Crippen molar-refractivity contribution in [3.8, 4) is 5.75 Å². The molecule has 0 unspecified atom stereocenters. The summed E-state index contributed by atoms with van der Waals surface area (Å²) in [6.45, 7) is 3.75. The van der Waals surface area contributed by atoms with E-state index in [1.165, 1.54) is 49.7 Å². The zero-order valence-electron chi connectivity index (χ0n) is 17.5. The van der Waals surface area contributed by atoms with Gasteiger partial charge < -0.3 is 9.64 Å². The minimum Gasteiger partial charge on any atom is -0.490 e. The van der Waals surface area contributed by atoms with Gasteiger partial charge in [0, 0.05) is 57.5 Å². The quantitative estimate of drug-likeness (QED) is 0.781. The van der Waals surface area contributed by atoms with Crippen molar-refractivity contribution in [3.63, 3.8) is 0 Å². The summed E-state index contributed by atoms with van der Waals surface area (Å²) in [5.41, 5.74) is 3.34. The maximum absolute atomic E-state index is 12.5. The second-order valence-corrected chi connectivity index (χ2v) is 8.75. The first-order valence-corrected chi connectivity index (χ1v) is 11.3. The molecule has 1 aliphatic carbocycles. The normalized spacial score (nSPS) is 20.9. The Hall–Kier alpha value is -2.47. The van der Waals surface area contributed by atoms with Gasteiger partial charge in [-0.3, -0.25) is 14.7 Å². The first kappa shape index (κ1) is 19.5. The summed E-state index contributed by atoms with van der Waals surface area (Å²) in [7, 11) is 0. The van der Waals surface area contributed by atoms with E-state index < -0.39 is 0 Å². The number of carbonyl (C=O) groups is 1. The molecule has 2 fully saturated rings. The van der Waals surface area contributed by atoms with E-state index in [2.05, 4.69) is 33.1 Å². The van der Waals surface area contributed by atoms with Crippen LogP contribution in [0.25, 0.3) is 0 Å². The lowest BCUT2D eigenvalue weighted by Crippen LogP contribution is -2.42. The number of aromatic nitrogens is 2. The zero-order chi connectivity index (χ0) is 20.3. The van der Waals surface area contributed by atoms with E-state index in [0.717, 1.165) is 37.5 Å². The number of piperidine rings is 1. The van der Waals surface area contributed by atoms with E-state index in [0.29, 0.717) is 18.8 Å². The molecular weight excluding hydrogens is 376 g/mol. The third-order valence-corrected chi connectivity index (χ3v) is 6.92. The van der Waals surface area contributed by atoms with Crippen molar-refractivity contribution in [1.82, 2.24) is 19.8 Å². The van der Waals surface area contributed by atoms with E-state index in [1.807, 2.05) is 4.90 Å². The molecule has 1 amide bonds. The van der Waals surface area contributed by atoms with Gasteiger partial charge in [0.2, 0.25) is 0 Å². The molecule has 0 spiro atoms. The standard InChI is InChI=1S/C24H30N4O2/c29-24(23-17-25-10-11-26-23)28-14-8-21(9-15-28)30-22-5-4-18-6-12-27(20-2-1-3-20)13-7-19(18)16-22/h4-5,10-11,16-17,20-21H,1-3,6-9,12-15H2. The molecule has 6 heteroatoms. The van der Waals surface area contributed by atoms with Crippen LogP contribution in [0.1, 0.15) is 53.7 Å². The molecule has 0 bridgehead atoms. The van der Waals surface area contributed by atoms with Gasteiger partial charge in [-0.2, -0.15) is 0 Å². The number of rotatable bonds is 4. The van der Waals surface area contributed by atoms with Crippen LogP contribution in [0.15, 0.2) is 36.8 Å². The Kier molecular flexibility index (Phi) is 5.67. The van der Waals surface area contributed by atoms with Gasteiger partial charge in [-0.1, -0.05) is 12.5 Å². The molecule has 158 valence electrons. The fourth-order valence-corrected chi connectivity index (χ4v) is 4.85. The first-order valence-electron chi connectivity index (χ1n) is 11.3. The van der Waals surface area contributed by atoms with Gasteiger partial charge in [0.15, 0.2) is 0 Å². The van der Waals surface area contributed by atoms with Crippen molar-refractivity contribution in [2.45, 2.75) is 57.1 Å². The van der Waals surface area contributed by atoms with Crippen LogP contribution < -0.4 is 4.74 Å². The molecule has 0 radical (unpaired) electrons. The maximum Gasteiger partial charge on any atom is 0.274 e. The Labute approximate surface area is 178 Å². The van der Waals surface area contributed by atoms with Gasteiger partial charge in [-0.15, -0.1) is 0 Å². The van der Waals surface area contributed by atoms with Crippen LogP contribution in [0, 0.1) is 0 Å². The predicted molar refractivity (Wildman–Crippen MR) is 115 cm³/mol. The number of nitrogens with zero attached hydrogens (tertiary/aromatic N) is 4. The van der Waals surface area contributed by atoms with E-state index >= 15 is 0 Å². The molecule has 1 saturated heterocycles. The van der Waals surface area contributed by atoms with Crippen LogP contribution in [-0.4, -0.2) is 64.0 Å². The van der Waals surface area contributed by atoms with Gasteiger partial charge in [0.05, 0.1) is 6.20 Å². The number of likely N-dealkylation sites (tertiary alicyclic amines) is 1. The number of fused-ring (bicyclic) bond motifs is 1. The van der Waals surface area contributed by atoms with Gasteiger partial charge in [0.1, 0.15) is 17.5 Å². The van der Waals surface area contributed by atoms with Crippen LogP contribution in [0.4, 0.5) is 0 Å². The van der Waals surface area contributed by atoms with Gasteiger partial charge in [-0.25, -0.2) is 4.98 Å². The number of ether oxygens (including phenoxy) is 1. The molecule has 6 nitrogen and oxygen atoms in total. The summed E-state index contributed by atoms with van der Waals surface area (Å²) < 4.78 is 6.32. The van der Waals surface area contributed by atoms with Gasteiger partial charge in [-0.05, 0) is 48.9 Å². The second kappa shape index (κ2) is 8.72. The monoisotopic (exact) mass is 406 g/mol. The van der Waals surface area contributed by atoms with Gasteiger partial charge >= 0.3 is 0 Å². The highest BCUT2D eigenvalue weighted by Gasteiger charge is 2.27. The molecule has 5 rings (SSSR count). The summed E-state index contributed by atoms with van der Waals surface area (Å²) in [6, 6.07) is 7.48. The molecule has 2 aliphatic heterocycles. The third kappa shape index (κ3) is 4.19. The number of amides is 1. The molecule has 3 heterocycles. The molecule has 1 saturated carbocycles. The summed E-state index contributed by atoms with van der Waals surface area (Å²) in [6.07, 6.45) is 13.0. The highest BCUT2D eigenvalue weighted by Crippen LogP contribution is 2.29. The van der Waals surface area contributed by atoms with Crippen LogP contribution in [0.5, 0.6) is 5.75 Å². The molecule has 3 aliphatic rings. The van der Waals surface area contributed by atoms with Crippen molar-refractivity contribution in [1.29, 1.82) is 0 Å². The van der Waals surface area contributed by atoms with Crippen molar-refractivity contribution < 1.29 is 9.53 Å². The van der Waals surface area contributed by atoms with Crippen LogP contribution in [-0.2, 0) is 12.8 Å². The fraction of sp³-hybridized carbons (Fsp3) is 0.542. The minimum atomic E-state index is -0.0393. The lowest BCUT2D eigenvalue weighted by atomic mass is 9.91.